The maximum Gasteiger partial charge on any atom is 0.277 e. The summed E-state index contributed by atoms with van der Waals surface area (Å²) in [4.78, 5) is 23.8. The van der Waals surface area contributed by atoms with E-state index in [-0.39, 0.29) is 30.5 Å². The van der Waals surface area contributed by atoms with Crippen molar-refractivity contribution in [3.63, 3.8) is 0 Å². The molecule has 0 bridgehead atoms. The number of hydrogen-bond donors (Lipinski definition) is 2. The third kappa shape index (κ3) is 4.09. The molecule has 0 aliphatic heterocycles. The summed E-state index contributed by atoms with van der Waals surface area (Å²) in [5.74, 6) is -0.127. The summed E-state index contributed by atoms with van der Waals surface area (Å²) in [6.07, 6.45) is 0.910. The van der Waals surface area contributed by atoms with E-state index in [0.717, 1.165) is 6.42 Å². The second kappa shape index (κ2) is 6.94. The van der Waals surface area contributed by atoms with E-state index < -0.39 is 0 Å². The largest absolute Gasteiger partial charge is 0.356 e. The number of benzene rings is 1. The minimum Gasteiger partial charge on any atom is -0.356 e. The van der Waals surface area contributed by atoms with Crippen LogP contribution in [0.1, 0.15) is 19.8 Å². The minimum absolute atomic E-state index is 0.0549. The summed E-state index contributed by atoms with van der Waals surface area (Å²) in [6.45, 7) is 2.63. The zero-order chi connectivity index (χ0) is 15.2. The molecule has 21 heavy (non-hydrogen) atoms. The van der Waals surface area contributed by atoms with E-state index in [4.69, 9.17) is 5.73 Å². The highest BCUT2D eigenvalue weighted by molar-refractivity contribution is 5.77. The van der Waals surface area contributed by atoms with Gasteiger partial charge in [-0.25, -0.2) is 4.68 Å². The number of aryl methyl sites for hydroxylation is 1. The number of amides is 1. The topological polar surface area (TPSA) is 103 Å². The lowest BCUT2D eigenvalue weighted by atomic mass is 10.2. The fraction of sp³-hybridized carbons (Fsp3) is 0.429. The number of carbonyl (C=O) groups excluding carboxylic acids is 1. The van der Waals surface area contributed by atoms with Crippen LogP contribution in [-0.4, -0.2) is 33.5 Å². The number of hydrogen-bond acceptors (Lipinski definition) is 5. The van der Waals surface area contributed by atoms with Crippen LogP contribution in [0, 0.1) is 0 Å². The third-order valence-electron chi connectivity index (χ3n) is 3.10. The van der Waals surface area contributed by atoms with E-state index in [1.54, 1.807) is 24.3 Å². The second-order valence-electron chi connectivity index (χ2n) is 5.00. The van der Waals surface area contributed by atoms with Gasteiger partial charge in [0.2, 0.25) is 5.91 Å². The van der Waals surface area contributed by atoms with E-state index in [1.165, 1.54) is 4.68 Å². The summed E-state index contributed by atoms with van der Waals surface area (Å²) < 4.78 is 1.22. The van der Waals surface area contributed by atoms with Crippen LogP contribution in [0.2, 0.25) is 0 Å². The summed E-state index contributed by atoms with van der Waals surface area (Å²) in [7, 11) is 0. The van der Waals surface area contributed by atoms with Gasteiger partial charge in [0.25, 0.3) is 5.56 Å². The van der Waals surface area contributed by atoms with Crippen LogP contribution in [0.3, 0.4) is 0 Å². The van der Waals surface area contributed by atoms with Crippen molar-refractivity contribution in [2.45, 2.75) is 32.4 Å². The summed E-state index contributed by atoms with van der Waals surface area (Å²) >= 11 is 0. The smallest absolute Gasteiger partial charge is 0.277 e. The van der Waals surface area contributed by atoms with Gasteiger partial charge in [-0.2, -0.15) is 0 Å². The first-order chi connectivity index (χ1) is 10.1. The summed E-state index contributed by atoms with van der Waals surface area (Å²) in [5, 5.41) is 11.1. The van der Waals surface area contributed by atoms with Crippen LogP contribution in [-0.2, 0) is 11.3 Å². The van der Waals surface area contributed by atoms with Crippen LogP contribution >= 0.6 is 0 Å². The predicted octanol–water partition coefficient (Wildman–Crippen LogP) is 0.0351. The maximum absolute atomic E-state index is 12.2. The highest BCUT2D eigenvalue weighted by Gasteiger charge is 2.07. The summed E-state index contributed by atoms with van der Waals surface area (Å²) in [6, 6.07) is 7.06. The average Bonchev–Trinajstić information content (AvgIpc) is 2.46. The van der Waals surface area contributed by atoms with E-state index in [0.29, 0.717) is 17.4 Å². The van der Waals surface area contributed by atoms with Gasteiger partial charge < -0.3 is 11.1 Å². The lowest BCUT2D eigenvalue weighted by molar-refractivity contribution is -0.121. The number of carbonyl (C=O) groups is 1. The normalized spacial score (nSPS) is 12.3. The van der Waals surface area contributed by atoms with Gasteiger partial charge in [-0.3, -0.25) is 9.59 Å². The van der Waals surface area contributed by atoms with Gasteiger partial charge in [-0.1, -0.05) is 17.3 Å². The molecule has 0 spiro atoms. The Bertz CT molecular complexity index is 680. The van der Waals surface area contributed by atoms with E-state index in [9.17, 15) is 9.59 Å². The SMILES string of the molecule is CC(N)CCNC(=O)CCn1nnc2ccccc2c1=O. The molecule has 112 valence electrons. The number of aromatic nitrogens is 3. The highest BCUT2D eigenvalue weighted by atomic mass is 16.2. The van der Waals surface area contributed by atoms with Crippen LogP contribution in [0.4, 0.5) is 0 Å². The molecule has 0 aliphatic rings. The Morgan fingerprint density at radius 3 is 2.95 bits per heavy atom. The molecule has 1 amide bonds. The molecule has 1 aromatic carbocycles. The van der Waals surface area contributed by atoms with Gasteiger partial charge in [-0.05, 0) is 25.5 Å². The monoisotopic (exact) mass is 289 g/mol. The Labute approximate surface area is 122 Å². The number of rotatable bonds is 6. The van der Waals surface area contributed by atoms with Gasteiger partial charge in [0.1, 0.15) is 5.52 Å². The van der Waals surface area contributed by atoms with E-state index in [1.807, 2.05) is 6.92 Å². The molecule has 0 saturated carbocycles. The Kier molecular flexibility index (Phi) is 4.99. The van der Waals surface area contributed by atoms with Crippen LogP contribution < -0.4 is 16.6 Å². The van der Waals surface area contributed by atoms with Crippen molar-refractivity contribution in [2.24, 2.45) is 5.73 Å². The fourth-order valence-corrected chi connectivity index (χ4v) is 1.90. The molecular formula is C14H19N5O2. The zero-order valence-corrected chi connectivity index (χ0v) is 12.0. The molecule has 3 N–H and O–H groups in total. The average molecular weight is 289 g/mol. The van der Waals surface area contributed by atoms with Gasteiger partial charge in [-0.15, -0.1) is 5.10 Å². The second-order valence-corrected chi connectivity index (χ2v) is 5.00. The van der Waals surface area contributed by atoms with E-state index in [2.05, 4.69) is 15.6 Å². The fourth-order valence-electron chi connectivity index (χ4n) is 1.90. The molecule has 7 heteroatoms. The lowest BCUT2D eigenvalue weighted by Crippen LogP contribution is -2.31. The first-order valence-corrected chi connectivity index (χ1v) is 6.93. The van der Waals surface area contributed by atoms with Gasteiger partial charge in [0, 0.05) is 19.0 Å². The number of nitrogens with two attached hydrogens (primary N) is 1. The molecular weight excluding hydrogens is 270 g/mol. The standard InChI is InChI=1S/C14H19N5O2/c1-10(15)6-8-16-13(20)7-9-19-14(21)11-4-2-3-5-12(11)17-18-19/h2-5,10H,6-9,15H2,1H3,(H,16,20). The molecule has 0 radical (unpaired) electrons. The van der Waals surface area contributed by atoms with Crippen molar-refractivity contribution in [1.82, 2.24) is 20.3 Å². The number of nitrogens with zero attached hydrogens (tertiary/aromatic N) is 3. The molecule has 2 aromatic rings. The van der Waals surface area contributed by atoms with Crippen molar-refractivity contribution < 1.29 is 4.79 Å². The Morgan fingerprint density at radius 2 is 2.19 bits per heavy atom. The van der Waals surface area contributed by atoms with Gasteiger partial charge in [0.05, 0.1) is 11.9 Å². The molecule has 7 nitrogen and oxygen atoms in total. The molecule has 2 rings (SSSR count). The Balaban J connectivity index is 1.96. The molecule has 1 unspecified atom stereocenters. The Morgan fingerprint density at radius 1 is 1.43 bits per heavy atom. The number of fused-ring (bicyclic) bond motifs is 1. The summed E-state index contributed by atoms with van der Waals surface area (Å²) in [5.41, 5.74) is 5.92. The first kappa shape index (κ1) is 15.1. The first-order valence-electron chi connectivity index (χ1n) is 6.93. The van der Waals surface area contributed by atoms with Gasteiger partial charge in [0.15, 0.2) is 0 Å². The molecule has 1 heterocycles. The van der Waals surface area contributed by atoms with Crippen molar-refractivity contribution in [1.29, 1.82) is 0 Å². The Hall–Kier alpha value is -2.28. The highest BCUT2D eigenvalue weighted by Crippen LogP contribution is 2.03. The van der Waals surface area contributed by atoms with E-state index >= 15 is 0 Å². The predicted molar refractivity (Wildman–Crippen MR) is 79.7 cm³/mol. The third-order valence-corrected chi connectivity index (χ3v) is 3.10. The van der Waals surface area contributed by atoms with Crippen molar-refractivity contribution in [2.75, 3.05) is 6.54 Å². The van der Waals surface area contributed by atoms with Crippen LogP contribution in [0.5, 0.6) is 0 Å². The maximum atomic E-state index is 12.2. The molecule has 1 atom stereocenters. The lowest BCUT2D eigenvalue weighted by Gasteiger charge is -2.08. The molecule has 0 saturated heterocycles. The van der Waals surface area contributed by atoms with Crippen LogP contribution in [0.15, 0.2) is 29.1 Å². The number of nitrogens with one attached hydrogen (secondary N) is 1. The minimum atomic E-state index is -0.232. The quantitative estimate of drug-likeness (QED) is 0.781. The molecule has 0 aliphatic carbocycles. The van der Waals surface area contributed by atoms with Crippen LogP contribution in [0.25, 0.3) is 10.9 Å². The van der Waals surface area contributed by atoms with Crippen molar-refractivity contribution in [3.05, 3.63) is 34.6 Å². The van der Waals surface area contributed by atoms with Crippen molar-refractivity contribution >= 4 is 16.8 Å². The molecule has 1 aromatic heterocycles. The van der Waals surface area contributed by atoms with Gasteiger partial charge >= 0.3 is 0 Å². The van der Waals surface area contributed by atoms with Crippen molar-refractivity contribution in [3.8, 4) is 0 Å². The zero-order valence-electron chi connectivity index (χ0n) is 12.0. The molecule has 0 fully saturated rings.